The molecule has 3 aliphatic carbocycles. The molecule has 1 saturated carbocycles. The summed E-state index contributed by atoms with van der Waals surface area (Å²) >= 11 is 13.8. The van der Waals surface area contributed by atoms with Crippen LogP contribution in [0.15, 0.2) is 29.0 Å². The van der Waals surface area contributed by atoms with Crippen molar-refractivity contribution in [1.82, 2.24) is 20.4 Å². The van der Waals surface area contributed by atoms with Crippen molar-refractivity contribution in [2.45, 2.75) is 111 Å². The maximum atomic E-state index is 13.8. The highest BCUT2D eigenvalue weighted by Gasteiger charge is 2.67. The van der Waals surface area contributed by atoms with E-state index in [-0.39, 0.29) is 34.5 Å². The van der Waals surface area contributed by atoms with E-state index in [2.05, 4.69) is 12.2 Å². The third-order valence-corrected chi connectivity index (χ3v) is 14.4. The fraction of sp³-hybridized carbons (Fsp3) is 0.659. The summed E-state index contributed by atoms with van der Waals surface area (Å²) in [4.78, 5) is 55.9. The van der Waals surface area contributed by atoms with E-state index >= 15 is 0 Å². The van der Waals surface area contributed by atoms with Crippen molar-refractivity contribution in [3.8, 4) is 5.75 Å². The maximum absolute atomic E-state index is 13.8. The number of thioether (sulfide) groups is 1. The van der Waals surface area contributed by atoms with Crippen LogP contribution in [0.5, 0.6) is 5.75 Å². The van der Waals surface area contributed by atoms with Gasteiger partial charge in [0.1, 0.15) is 59.4 Å². The third kappa shape index (κ3) is 8.60. The van der Waals surface area contributed by atoms with E-state index in [0.29, 0.717) is 5.92 Å². The van der Waals surface area contributed by atoms with Crippen molar-refractivity contribution in [2.24, 2.45) is 17.8 Å². The number of aliphatic hydroxyl groups excluding tert-OH is 6. The molecule has 21 heteroatoms. The van der Waals surface area contributed by atoms with Crippen LogP contribution < -0.4 is 10.6 Å². The van der Waals surface area contributed by atoms with Crippen LogP contribution in [-0.4, -0.2) is 179 Å². The molecule has 1 unspecified atom stereocenters. The maximum Gasteiger partial charge on any atom is 0.260 e. The number of likely N-dealkylation sites (tertiary alicyclic amines) is 1. The number of ketones is 2. The normalized spacial score (nSPS) is 35.7. The number of aliphatic hydroxyl groups is 8. The molecule has 2 aliphatic heterocycles. The molecule has 0 bridgehead atoms. The lowest BCUT2D eigenvalue weighted by Gasteiger charge is -2.53. The lowest BCUT2D eigenvalue weighted by molar-refractivity contribution is -0.205. The fourth-order valence-corrected chi connectivity index (χ4v) is 11.1. The van der Waals surface area contributed by atoms with Crippen LogP contribution in [0.25, 0.3) is 5.76 Å². The van der Waals surface area contributed by atoms with Gasteiger partial charge in [-0.15, -0.1) is 23.4 Å². The first kappa shape index (κ1) is 50.0. The van der Waals surface area contributed by atoms with Gasteiger partial charge in [-0.1, -0.05) is 24.9 Å². The summed E-state index contributed by atoms with van der Waals surface area (Å²) < 4.78 is 5.79. The number of amides is 2. The Morgan fingerprint density at radius 1 is 1.08 bits per heavy atom. The molecular weight excluding hydrogens is 875 g/mol. The van der Waals surface area contributed by atoms with Gasteiger partial charge in [0.2, 0.25) is 11.7 Å². The molecule has 3 fully saturated rings. The standard InChI is InChI=1S/C23H25ClN2O9.C18H33ClN2O5S/c1-22(34)8-6-9-16(26(2)3)18(30)14(21(33)25-7-27)20(32)23(9,35)19(31)12(8)17(29)13-11(28)5-4-10(24)15(13)22;1-5-6-10-7-11(21(3)8-10)17(25)20-12(9(2)19)16-14(23)13(22)15(24)18(26-16)27-4/h4-5,8-9,16,27-29,32,34-35H,6-7H2,1-3H3,(H,25,33);9-16,18,22-24H,5-8H2,1-4H3,(H,20,25)/t8?,9-,16-,22-,23-;9-,10+,11-,12+,13-,14+,15+,16+,18+/m00/s1. The topological polar surface area (TPSA) is 290 Å². The number of hydrogen-bond donors (Lipinski definition) is 11. The van der Waals surface area contributed by atoms with Gasteiger partial charge in [0.25, 0.3) is 5.91 Å². The van der Waals surface area contributed by atoms with Crippen LogP contribution in [0.3, 0.4) is 0 Å². The molecule has 62 heavy (non-hydrogen) atoms. The number of aromatic hydroxyl groups is 1. The molecule has 18 nitrogen and oxygen atoms in total. The first-order valence-electron chi connectivity index (χ1n) is 20.3. The molecule has 0 spiro atoms. The molecule has 2 saturated heterocycles. The van der Waals surface area contributed by atoms with Crippen molar-refractivity contribution in [3.63, 3.8) is 0 Å². The molecule has 0 radical (unpaired) electrons. The van der Waals surface area contributed by atoms with Gasteiger partial charge in [0.15, 0.2) is 11.4 Å². The van der Waals surface area contributed by atoms with Crippen LogP contribution in [0.4, 0.5) is 0 Å². The number of benzene rings is 1. The quantitative estimate of drug-likeness (QED) is 0.0852. The first-order chi connectivity index (χ1) is 28.9. The zero-order valence-corrected chi connectivity index (χ0v) is 37.8. The number of Topliss-reactive ketones (excluding diaryl/α,β-unsaturated/α-hetero) is 2. The molecule has 11 N–H and O–H groups in total. The minimum atomic E-state index is -2.83. The van der Waals surface area contributed by atoms with Gasteiger partial charge >= 0.3 is 0 Å². The van der Waals surface area contributed by atoms with Crippen LogP contribution >= 0.6 is 35.0 Å². The van der Waals surface area contributed by atoms with E-state index < -0.39 is 123 Å². The number of fused-ring (bicyclic) bond motifs is 3. The largest absolute Gasteiger partial charge is 0.508 e. The van der Waals surface area contributed by atoms with E-state index in [1.165, 1.54) is 43.7 Å². The van der Waals surface area contributed by atoms with Crippen LogP contribution in [0.1, 0.15) is 57.6 Å². The zero-order chi connectivity index (χ0) is 46.5. The van der Waals surface area contributed by atoms with E-state index in [4.69, 9.17) is 33.0 Å². The molecule has 0 aromatic heterocycles. The number of rotatable bonds is 10. The predicted molar refractivity (Wildman–Crippen MR) is 228 cm³/mol. The minimum Gasteiger partial charge on any atom is -0.508 e. The second-order valence-corrected chi connectivity index (χ2v) is 19.1. The second kappa shape index (κ2) is 19.2. The van der Waals surface area contributed by atoms with Gasteiger partial charge in [-0.25, -0.2) is 0 Å². The molecule has 1 aromatic carbocycles. The Bertz CT molecular complexity index is 1980. The Balaban J connectivity index is 0.000000243. The van der Waals surface area contributed by atoms with E-state index in [1.807, 2.05) is 17.3 Å². The van der Waals surface area contributed by atoms with Crippen LogP contribution in [-0.2, 0) is 29.5 Å². The first-order valence-corrected chi connectivity index (χ1v) is 22.4. The predicted octanol–water partition coefficient (Wildman–Crippen LogP) is 0.253. The number of phenols is 1. The van der Waals surface area contributed by atoms with E-state index in [0.717, 1.165) is 31.9 Å². The summed E-state index contributed by atoms with van der Waals surface area (Å²) in [6, 6.07) is 0.253. The Labute approximate surface area is 373 Å². The molecule has 14 atom stereocenters. The van der Waals surface area contributed by atoms with Crippen LogP contribution in [0.2, 0.25) is 5.02 Å². The SMILES string of the molecule is CCC[C@@H]1C[C@@H](C(=O)N[C@@H]([C@H]2O[C@H](SC)[C@H](O)[C@@H](O)[C@H]2O)[C@H](C)Cl)N(C)C1.CN(C)[C@@H]1C(=O)C(C(=O)NCO)=C(O)[C@@]2(O)C(=O)C3=C(O)c4c(O)ccc(Cl)c4[C@@](C)(O)C3C[C@@H]12. The van der Waals surface area contributed by atoms with Gasteiger partial charge in [0.05, 0.1) is 34.7 Å². The van der Waals surface area contributed by atoms with Gasteiger partial charge in [-0.05, 0) is 78.6 Å². The number of carbonyl (C=O) groups excluding carboxylic acids is 4. The highest BCUT2D eigenvalue weighted by Crippen LogP contribution is 2.58. The highest BCUT2D eigenvalue weighted by molar-refractivity contribution is 7.99. The number of hydrogen-bond acceptors (Lipinski definition) is 17. The molecule has 1 aromatic rings. The molecule has 2 heterocycles. The molecule has 2 amide bonds. The van der Waals surface area contributed by atoms with E-state index in [1.54, 1.807) is 13.2 Å². The summed E-state index contributed by atoms with van der Waals surface area (Å²) in [5.74, 6) is -7.98. The van der Waals surface area contributed by atoms with Gasteiger partial charge in [-0.3, -0.25) is 29.0 Å². The smallest absolute Gasteiger partial charge is 0.260 e. The average Bonchev–Trinajstić information content (AvgIpc) is 3.57. The number of halogens is 2. The zero-order valence-electron chi connectivity index (χ0n) is 35.5. The summed E-state index contributed by atoms with van der Waals surface area (Å²) in [6.07, 6.45) is -0.382. The summed E-state index contributed by atoms with van der Waals surface area (Å²) in [5.41, 5.74) is -7.19. The Kier molecular flexibility index (Phi) is 15.5. The minimum absolute atomic E-state index is 0.0104. The second-order valence-electron chi connectivity index (χ2n) is 17.1. The van der Waals surface area contributed by atoms with Gasteiger partial charge in [-0.2, -0.15) is 0 Å². The number of carbonyl (C=O) groups is 4. The molecule has 5 aliphatic rings. The third-order valence-electron chi connectivity index (χ3n) is 12.9. The van der Waals surface area contributed by atoms with Crippen molar-refractivity contribution < 1.29 is 69.9 Å². The monoisotopic (exact) mass is 932 g/mol. The Morgan fingerprint density at radius 3 is 2.29 bits per heavy atom. The Hall–Kier alpha value is -3.05. The van der Waals surface area contributed by atoms with Crippen LogP contribution in [0, 0.1) is 17.8 Å². The van der Waals surface area contributed by atoms with Crippen molar-refractivity contribution in [2.75, 3.05) is 40.7 Å². The number of nitrogens with zero attached hydrogens (tertiary/aromatic N) is 2. The Morgan fingerprint density at radius 2 is 1.73 bits per heavy atom. The lowest BCUT2D eigenvalue weighted by Crippen LogP contribution is -2.67. The van der Waals surface area contributed by atoms with Gasteiger partial charge in [0, 0.05) is 34.5 Å². The number of nitrogens with one attached hydrogen (secondary N) is 2. The lowest BCUT2D eigenvalue weighted by atomic mass is 9.54. The number of ether oxygens (including phenoxy) is 1. The highest BCUT2D eigenvalue weighted by atomic mass is 35.5. The molecular formula is C41H58Cl2N4O14S. The summed E-state index contributed by atoms with van der Waals surface area (Å²) in [5, 5.41) is 99.7. The molecule has 6 rings (SSSR count). The number of alkyl halides is 1. The summed E-state index contributed by atoms with van der Waals surface area (Å²) in [7, 11) is 4.89. The molecule has 346 valence electrons. The van der Waals surface area contributed by atoms with Gasteiger partial charge < -0.3 is 61.3 Å². The van der Waals surface area contributed by atoms with Crippen molar-refractivity contribution >= 4 is 64.1 Å². The number of likely N-dealkylation sites (N-methyl/N-ethyl adjacent to an activating group) is 2. The summed E-state index contributed by atoms with van der Waals surface area (Å²) in [6.45, 7) is 5.19. The fourth-order valence-electron chi connectivity index (χ4n) is 9.83. The van der Waals surface area contributed by atoms with Crippen molar-refractivity contribution in [3.05, 3.63) is 45.2 Å². The average molecular weight is 934 g/mol. The van der Waals surface area contributed by atoms with Crippen molar-refractivity contribution in [1.29, 1.82) is 0 Å². The number of phenolic OH excluding ortho intramolecular Hbond substituents is 1. The van der Waals surface area contributed by atoms with E-state index in [9.17, 15) is 60.0 Å².